The first-order valence-corrected chi connectivity index (χ1v) is 4.40. The van der Waals surface area contributed by atoms with Gasteiger partial charge in [0.25, 0.3) is 0 Å². The minimum absolute atomic E-state index is 0.697. The third kappa shape index (κ3) is 2.16. The third-order valence-corrected chi connectivity index (χ3v) is 1.77. The van der Waals surface area contributed by atoms with Crippen LogP contribution in [0.3, 0.4) is 0 Å². The summed E-state index contributed by atoms with van der Waals surface area (Å²) in [5.41, 5.74) is 0.919. The molecular weight excluding hydrogens is 176 g/mol. The molecule has 1 aromatic carbocycles. The first kappa shape index (κ1) is 10.4. The predicted molar refractivity (Wildman–Crippen MR) is 58.5 cm³/mol. The van der Waals surface area contributed by atoms with Crippen molar-refractivity contribution in [2.45, 2.75) is 6.92 Å². The molecule has 1 aromatic rings. The molecule has 0 radical (unpaired) electrons. The van der Waals surface area contributed by atoms with Crippen LogP contribution in [0.1, 0.15) is 12.5 Å². The Morgan fingerprint density at radius 1 is 1.36 bits per heavy atom. The van der Waals surface area contributed by atoms with Gasteiger partial charge in [0, 0.05) is 5.56 Å². The number of hydrogen-bond acceptors (Lipinski definition) is 2. The fraction of sp³-hybridized carbons (Fsp3) is 0.167. The van der Waals surface area contributed by atoms with Crippen molar-refractivity contribution in [3.8, 4) is 11.5 Å². The average Bonchev–Trinajstić information content (AvgIpc) is 2.25. The van der Waals surface area contributed by atoms with Gasteiger partial charge >= 0.3 is 0 Å². The van der Waals surface area contributed by atoms with E-state index in [0.29, 0.717) is 11.5 Å². The van der Waals surface area contributed by atoms with E-state index in [1.807, 2.05) is 31.2 Å². The molecule has 0 aliphatic rings. The van der Waals surface area contributed by atoms with Crippen LogP contribution in [0, 0.1) is 0 Å². The number of benzene rings is 1. The van der Waals surface area contributed by atoms with Crippen LogP contribution < -0.4 is 9.47 Å². The normalized spacial score (nSPS) is 10.1. The molecule has 0 heterocycles. The van der Waals surface area contributed by atoms with Crippen molar-refractivity contribution in [2.24, 2.45) is 0 Å². The van der Waals surface area contributed by atoms with E-state index in [-0.39, 0.29) is 0 Å². The van der Waals surface area contributed by atoms with E-state index >= 15 is 0 Å². The van der Waals surface area contributed by atoms with E-state index < -0.39 is 0 Å². The zero-order valence-corrected chi connectivity index (χ0v) is 8.49. The Balaban J connectivity index is 3.11. The van der Waals surface area contributed by atoms with E-state index in [4.69, 9.17) is 9.47 Å². The highest BCUT2D eigenvalue weighted by Crippen LogP contribution is 2.31. The zero-order chi connectivity index (χ0) is 10.4. The molecule has 0 atom stereocenters. The van der Waals surface area contributed by atoms with Gasteiger partial charge in [0.2, 0.25) is 0 Å². The quantitative estimate of drug-likeness (QED) is 0.678. The Hall–Kier alpha value is -1.70. The van der Waals surface area contributed by atoms with E-state index in [1.165, 1.54) is 0 Å². The number of allylic oxidation sites excluding steroid dienone is 1. The van der Waals surface area contributed by atoms with Gasteiger partial charge in [0.05, 0.1) is 13.4 Å². The standard InChI is InChI=1S/C12H14O2/c1-4-9-14-12-10(5-2)7-6-8-11(12)13-3/h4-9H,2H2,1,3H3/b9-4+. The molecule has 0 saturated heterocycles. The van der Waals surface area contributed by atoms with Gasteiger partial charge in [-0.15, -0.1) is 0 Å². The van der Waals surface area contributed by atoms with Gasteiger partial charge in [-0.2, -0.15) is 0 Å². The zero-order valence-electron chi connectivity index (χ0n) is 8.49. The summed E-state index contributed by atoms with van der Waals surface area (Å²) in [6.07, 6.45) is 5.17. The van der Waals surface area contributed by atoms with Crippen molar-refractivity contribution in [3.05, 3.63) is 42.7 Å². The lowest BCUT2D eigenvalue weighted by Crippen LogP contribution is -1.91. The van der Waals surface area contributed by atoms with Gasteiger partial charge in [0.1, 0.15) is 0 Å². The molecule has 2 heteroatoms. The van der Waals surface area contributed by atoms with Crippen LogP contribution in [0.2, 0.25) is 0 Å². The molecule has 2 nitrogen and oxygen atoms in total. The smallest absolute Gasteiger partial charge is 0.175 e. The number of methoxy groups -OCH3 is 1. The van der Waals surface area contributed by atoms with Gasteiger partial charge in [-0.3, -0.25) is 0 Å². The number of hydrogen-bond donors (Lipinski definition) is 0. The largest absolute Gasteiger partial charge is 0.493 e. The molecular formula is C12H14O2. The van der Waals surface area contributed by atoms with Crippen LogP contribution in [0.15, 0.2) is 37.1 Å². The Bertz CT molecular complexity index is 340. The second kappa shape index (κ2) is 5.12. The summed E-state index contributed by atoms with van der Waals surface area (Å²) in [5.74, 6) is 1.41. The van der Waals surface area contributed by atoms with Gasteiger partial charge in [0.15, 0.2) is 11.5 Å². The van der Waals surface area contributed by atoms with E-state index in [2.05, 4.69) is 6.58 Å². The third-order valence-electron chi connectivity index (χ3n) is 1.77. The lowest BCUT2D eigenvalue weighted by Gasteiger charge is -2.09. The molecule has 0 saturated carbocycles. The average molecular weight is 190 g/mol. The lowest BCUT2D eigenvalue weighted by atomic mass is 10.2. The minimum atomic E-state index is 0.697. The molecule has 74 valence electrons. The highest BCUT2D eigenvalue weighted by atomic mass is 16.5. The highest BCUT2D eigenvalue weighted by Gasteiger charge is 2.06. The maximum Gasteiger partial charge on any atom is 0.175 e. The molecule has 0 unspecified atom stereocenters. The topological polar surface area (TPSA) is 18.5 Å². The van der Waals surface area contributed by atoms with Crippen molar-refractivity contribution in [3.63, 3.8) is 0 Å². The van der Waals surface area contributed by atoms with E-state index in [1.54, 1.807) is 19.4 Å². The van der Waals surface area contributed by atoms with Crippen LogP contribution in [-0.2, 0) is 0 Å². The number of rotatable bonds is 4. The molecule has 0 bridgehead atoms. The van der Waals surface area contributed by atoms with Gasteiger partial charge in [-0.05, 0) is 13.0 Å². The van der Waals surface area contributed by atoms with E-state index in [0.717, 1.165) is 5.56 Å². The maximum atomic E-state index is 5.42. The van der Waals surface area contributed by atoms with Crippen LogP contribution in [0.5, 0.6) is 11.5 Å². The SMILES string of the molecule is C=Cc1cccc(OC)c1O/C=C/C. The molecule has 0 N–H and O–H groups in total. The summed E-state index contributed by atoms with van der Waals surface area (Å²) in [6, 6.07) is 5.68. The van der Waals surface area contributed by atoms with Crippen LogP contribution in [0.25, 0.3) is 6.08 Å². The second-order valence-corrected chi connectivity index (χ2v) is 2.67. The Morgan fingerprint density at radius 3 is 2.71 bits per heavy atom. The lowest BCUT2D eigenvalue weighted by molar-refractivity contribution is 0.377. The van der Waals surface area contributed by atoms with Crippen LogP contribution in [-0.4, -0.2) is 7.11 Å². The summed E-state index contributed by atoms with van der Waals surface area (Å²) >= 11 is 0. The van der Waals surface area contributed by atoms with Gasteiger partial charge in [-0.1, -0.05) is 30.9 Å². The predicted octanol–water partition coefficient (Wildman–Crippen LogP) is 3.25. The molecule has 0 spiro atoms. The summed E-state index contributed by atoms with van der Waals surface area (Å²) in [7, 11) is 1.62. The first-order valence-electron chi connectivity index (χ1n) is 4.40. The Morgan fingerprint density at radius 2 is 2.14 bits per heavy atom. The Labute approximate surface area is 84.5 Å². The number of para-hydroxylation sites is 1. The number of ether oxygens (including phenoxy) is 2. The summed E-state index contributed by atoms with van der Waals surface area (Å²) in [5, 5.41) is 0. The Kier molecular flexibility index (Phi) is 3.80. The maximum absolute atomic E-state index is 5.42. The van der Waals surface area contributed by atoms with Crippen molar-refractivity contribution < 1.29 is 9.47 Å². The summed E-state index contributed by atoms with van der Waals surface area (Å²) in [4.78, 5) is 0. The van der Waals surface area contributed by atoms with Gasteiger partial charge in [-0.25, -0.2) is 0 Å². The van der Waals surface area contributed by atoms with Crippen LogP contribution in [0.4, 0.5) is 0 Å². The molecule has 1 rings (SSSR count). The fourth-order valence-electron chi connectivity index (χ4n) is 1.12. The van der Waals surface area contributed by atoms with Crippen molar-refractivity contribution in [1.82, 2.24) is 0 Å². The first-order chi connectivity index (χ1) is 6.83. The van der Waals surface area contributed by atoms with Crippen molar-refractivity contribution >= 4 is 6.08 Å². The van der Waals surface area contributed by atoms with Crippen molar-refractivity contribution in [1.29, 1.82) is 0 Å². The van der Waals surface area contributed by atoms with Gasteiger partial charge < -0.3 is 9.47 Å². The molecule has 0 amide bonds. The molecule has 14 heavy (non-hydrogen) atoms. The monoisotopic (exact) mass is 190 g/mol. The highest BCUT2D eigenvalue weighted by molar-refractivity contribution is 5.61. The minimum Gasteiger partial charge on any atom is -0.493 e. The molecule has 0 aliphatic heterocycles. The van der Waals surface area contributed by atoms with E-state index in [9.17, 15) is 0 Å². The molecule has 0 fully saturated rings. The molecule has 0 aliphatic carbocycles. The molecule has 0 aromatic heterocycles. The summed E-state index contributed by atoms with van der Waals surface area (Å²) < 4.78 is 10.6. The summed E-state index contributed by atoms with van der Waals surface area (Å²) in [6.45, 7) is 5.61. The van der Waals surface area contributed by atoms with Crippen LogP contribution >= 0.6 is 0 Å². The van der Waals surface area contributed by atoms with Crippen molar-refractivity contribution in [2.75, 3.05) is 7.11 Å². The fourth-order valence-corrected chi connectivity index (χ4v) is 1.12. The second-order valence-electron chi connectivity index (χ2n) is 2.67.